The van der Waals surface area contributed by atoms with Crippen molar-refractivity contribution < 1.29 is 9.32 Å². The first kappa shape index (κ1) is 18.4. The summed E-state index contributed by atoms with van der Waals surface area (Å²) in [6, 6.07) is 10.9. The monoisotopic (exact) mass is 439 g/mol. The molecule has 1 aromatic carbocycles. The van der Waals surface area contributed by atoms with Gasteiger partial charge in [0.05, 0.1) is 4.47 Å². The van der Waals surface area contributed by atoms with Gasteiger partial charge in [0.25, 0.3) is 5.91 Å². The van der Waals surface area contributed by atoms with Crippen molar-refractivity contribution in [2.24, 2.45) is 5.92 Å². The molecule has 28 heavy (non-hydrogen) atoms. The maximum Gasteiger partial charge on any atom is 0.269 e. The molecule has 4 rings (SSSR count). The molecule has 0 saturated heterocycles. The summed E-state index contributed by atoms with van der Waals surface area (Å²) in [5.41, 5.74) is 2.15. The topological polar surface area (TPSA) is 96.7 Å². The average Bonchev–Trinajstić information content (AvgIpc) is 3.32. The second-order valence-corrected chi connectivity index (χ2v) is 7.54. The van der Waals surface area contributed by atoms with Crippen LogP contribution in [0, 0.1) is 5.92 Å². The third-order valence-corrected chi connectivity index (χ3v) is 5.29. The molecule has 3 heterocycles. The molecule has 142 valence electrons. The van der Waals surface area contributed by atoms with Crippen molar-refractivity contribution >= 4 is 32.7 Å². The Labute approximate surface area is 169 Å². The average molecular weight is 440 g/mol. The molecule has 1 amide bonds. The lowest BCUT2D eigenvalue weighted by Crippen LogP contribution is -2.32. The number of para-hydroxylation sites is 1. The summed E-state index contributed by atoms with van der Waals surface area (Å²) < 4.78 is 6.18. The number of pyridine rings is 1. The van der Waals surface area contributed by atoms with E-state index >= 15 is 0 Å². The van der Waals surface area contributed by atoms with E-state index in [1.54, 1.807) is 24.5 Å². The molecule has 0 saturated carbocycles. The molecule has 0 aliphatic rings. The van der Waals surface area contributed by atoms with Gasteiger partial charge < -0.3 is 14.8 Å². The smallest absolute Gasteiger partial charge is 0.269 e. The summed E-state index contributed by atoms with van der Waals surface area (Å²) in [5.74, 6) is 0.634. The quantitative estimate of drug-likeness (QED) is 0.476. The van der Waals surface area contributed by atoms with E-state index in [1.165, 1.54) is 0 Å². The molecule has 0 radical (unpaired) electrons. The number of amides is 1. The second kappa shape index (κ2) is 7.55. The highest BCUT2D eigenvalue weighted by Gasteiger charge is 2.27. The number of aromatic amines is 1. The first-order valence-corrected chi connectivity index (χ1v) is 9.65. The minimum absolute atomic E-state index is 0.0536. The number of hydrogen-bond donors (Lipinski definition) is 2. The zero-order valence-electron chi connectivity index (χ0n) is 15.3. The van der Waals surface area contributed by atoms with Gasteiger partial charge in [0, 0.05) is 28.9 Å². The van der Waals surface area contributed by atoms with E-state index in [9.17, 15) is 4.79 Å². The first-order chi connectivity index (χ1) is 13.5. The second-order valence-electron chi connectivity index (χ2n) is 6.75. The molecular formula is C20H18BrN5O2. The van der Waals surface area contributed by atoms with Crippen LogP contribution in [0.25, 0.3) is 22.3 Å². The summed E-state index contributed by atoms with van der Waals surface area (Å²) in [7, 11) is 0. The Bertz CT molecular complexity index is 1120. The van der Waals surface area contributed by atoms with Crippen molar-refractivity contribution in [3.63, 3.8) is 0 Å². The van der Waals surface area contributed by atoms with E-state index in [1.807, 2.05) is 38.1 Å². The van der Waals surface area contributed by atoms with Crippen LogP contribution in [0.1, 0.15) is 36.3 Å². The van der Waals surface area contributed by atoms with Crippen LogP contribution in [0.3, 0.4) is 0 Å². The molecule has 7 nitrogen and oxygen atoms in total. The van der Waals surface area contributed by atoms with E-state index in [-0.39, 0.29) is 11.8 Å². The third kappa shape index (κ3) is 3.43. The number of hydrogen-bond acceptors (Lipinski definition) is 5. The predicted molar refractivity (Wildman–Crippen MR) is 109 cm³/mol. The number of benzene rings is 1. The van der Waals surface area contributed by atoms with Gasteiger partial charge in [-0.1, -0.05) is 37.2 Å². The number of fused-ring (bicyclic) bond motifs is 1. The van der Waals surface area contributed by atoms with Gasteiger partial charge in [-0.25, -0.2) is 0 Å². The van der Waals surface area contributed by atoms with Crippen molar-refractivity contribution in [1.82, 2.24) is 25.4 Å². The van der Waals surface area contributed by atoms with Gasteiger partial charge in [-0.15, -0.1) is 0 Å². The normalized spacial score (nSPS) is 12.4. The van der Waals surface area contributed by atoms with Crippen LogP contribution >= 0.6 is 15.9 Å². The van der Waals surface area contributed by atoms with Gasteiger partial charge >= 0.3 is 0 Å². The van der Waals surface area contributed by atoms with Gasteiger partial charge in [0.2, 0.25) is 11.7 Å². The van der Waals surface area contributed by atoms with E-state index in [4.69, 9.17) is 4.52 Å². The maximum atomic E-state index is 12.9. The Kier molecular flexibility index (Phi) is 4.95. The standard InChI is InChI=1S/C20H18BrN5O2/c1-11(2)16(20-25-18(26-28-20)12-7-9-22-10-8-12)24-19(27)17-15(21)13-5-3-4-6-14(13)23-17/h3-11,16,23H,1-2H3,(H,24,27). The molecule has 0 aliphatic carbocycles. The van der Waals surface area contributed by atoms with E-state index in [0.29, 0.717) is 17.4 Å². The Balaban J connectivity index is 1.61. The number of nitrogens with zero attached hydrogens (tertiary/aromatic N) is 3. The van der Waals surface area contributed by atoms with E-state index in [0.717, 1.165) is 20.9 Å². The summed E-state index contributed by atoms with van der Waals surface area (Å²) in [4.78, 5) is 24.5. The number of H-pyrrole nitrogens is 1. The van der Waals surface area contributed by atoms with Gasteiger partial charge in [0.15, 0.2) is 0 Å². The lowest BCUT2D eigenvalue weighted by molar-refractivity contribution is 0.0909. The fraction of sp³-hybridized carbons (Fsp3) is 0.200. The number of carbonyl (C=O) groups excluding carboxylic acids is 1. The summed E-state index contributed by atoms with van der Waals surface area (Å²) in [6.45, 7) is 3.98. The molecule has 0 bridgehead atoms. The molecule has 3 aromatic heterocycles. The minimum atomic E-state index is -0.422. The van der Waals surface area contributed by atoms with Crippen LogP contribution in [0.4, 0.5) is 0 Å². The molecule has 1 unspecified atom stereocenters. The number of nitrogens with one attached hydrogen (secondary N) is 2. The maximum absolute atomic E-state index is 12.9. The number of carbonyl (C=O) groups is 1. The highest BCUT2D eigenvalue weighted by molar-refractivity contribution is 9.10. The largest absolute Gasteiger partial charge is 0.350 e. The summed E-state index contributed by atoms with van der Waals surface area (Å²) in [5, 5.41) is 8.00. The number of rotatable bonds is 5. The van der Waals surface area contributed by atoms with E-state index in [2.05, 4.69) is 41.4 Å². The highest BCUT2D eigenvalue weighted by atomic mass is 79.9. The van der Waals surface area contributed by atoms with Crippen LogP contribution in [0.15, 0.2) is 57.8 Å². The number of halogens is 1. The molecular weight excluding hydrogens is 422 g/mol. The van der Waals surface area contributed by atoms with Crippen molar-refractivity contribution in [3.8, 4) is 11.4 Å². The van der Waals surface area contributed by atoms with Crippen LogP contribution in [0.5, 0.6) is 0 Å². The zero-order valence-corrected chi connectivity index (χ0v) is 16.9. The van der Waals surface area contributed by atoms with E-state index < -0.39 is 6.04 Å². The molecule has 1 atom stereocenters. The Hall–Kier alpha value is -3.00. The van der Waals surface area contributed by atoms with Gasteiger partial charge in [-0.3, -0.25) is 9.78 Å². The lowest BCUT2D eigenvalue weighted by atomic mass is 10.0. The minimum Gasteiger partial charge on any atom is -0.350 e. The van der Waals surface area contributed by atoms with Crippen LogP contribution in [0.2, 0.25) is 0 Å². The molecule has 2 N–H and O–H groups in total. The Morgan fingerprint density at radius 2 is 1.93 bits per heavy atom. The summed E-state index contributed by atoms with van der Waals surface area (Å²) >= 11 is 3.52. The highest BCUT2D eigenvalue weighted by Crippen LogP contribution is 2.29. The fourth-order valence-electron chi connectivity index (χ4n) is 2.97. The molecule has 0 fully saturated rings. The lowest BCUT2D eigenvalue weighted by Gasteiger charge is -2.18. The number of aromatic nitrogens is 4. The summed E-state index contributed by atoms with van der Waals surface area (Å²) in [6.07, 6.45) is 3.33. The van der Waals surface area contributed by atoms with Crippen LogP contribution in [-0.4, -0.2) is 26.0 Å². The van der Waals surface area contributed by atoms with Crippen molar-refractivity contribution in [3.05, 3.63) is 64.8 Å². The Morgan fingerprint density at radius 1 is 1.18 bits per heavy atom. The SMILES string of the molecule is CC(C)C(NC(=O)c1[nH]c2ccccc2c1Br)c1nc(-c2ccncc2)no1. The molecule has 4 aromatic rings. The molecule has 8 heteroatoms. The van der Waals surface area contributed by atoms with Gasteiger partial charge in [0.1, 0.15) is 11.7 Å². The third-order valence-electron chi connectivity index (χ3n) is 4.47. The van der Waals surface area contributed by atoms with Crippen molar-refractivity contribution in [2.75, 3.05) is 0 Å². The zero-order chi connectivity index (χ0) is 19.7. The molecule has 0 spiro atoms. The predicted octanol–water partition coefficient (Wildman–Crippen LogP) is 4.50. The van der Waals surface area contributed by atoms with Gasteiger partial charge in [-0.2, -0.15) is 4.98 Å². The van der Waals surface area contributed by atoms with Gasteiger partial charge in [-0.05, 0) is 40.0 Å². The first-order valence-electron chi connectivity index (χ1n) is 8.85. The van der Waals surface area contributed by atoms with Crippen molar-refractivity contribution in [2.45, 2.75) is 19.9 Å². The fourth-order valence-corrected chi connectivity index (χ4v) is 3.60. The van der Waals surface area contributed by atoms with Crippen molar-refractivity contribution in [1.29, 1.82) is 0 Å². The molecule has 0 aliphatic heterocycles. The van der Waals surface area contributed by atoms with Crippen LogP contribution < -0.4 is 5.32 Å². The Morgan fingerprint density at radius 3 is 2.64 bits per heavy atom. The van der Waals surface area contributed by atoms with Crippen LogP contribution in [-0.2, 0) is 0 Å².